The number of hydrogen-bond donors (Lipinski definition) is 2. The van der Waals surface area contributed by atoms with Crippen LogP contribution in [0, 0.1) is 0 Å². The van der Waals surface area contributed by atoms with Crippen LogP contribution in [0.1, 0.15) is 46.9 Å². The maximum atomic E-state index is 12.8. The van der Waals surface area contributed by atoms with E-state index in [1.54, 1.807) is 30.5 Å². The van der Waals surface area contributed by atoms with Gasteiger partial charge in [0.1, 0.15) is 5.69 Å². The third-order valence-electron chi connectivity index (χ3n) is 4.95. The number of fused-ring (bicyclic) bond motifs is 5. The van der Waals surface area contributed by atoms with Gasteiger partial charge in [0.05, 0.1) is 5.69 Å². The predicted octanol–water partition coefficient (Wildman–Crippen LogP) is 3.47. The molecule has 2 aromatic rings. The summed E-state index contributed by atoms with van der Waals surface area (Å²) in [5.74, 6) is -0.184. The van der Waals surface area contributed by atoms with Gasteiger partial charge in [0.25, 0.3) is 11.8 Å². The van der Waals surface area contributed by atoms with Crippen molar-refractivity contribution in [2.75, 3.05) is 16.8 Å². The summed E-state index contributed by atoms with van der Waals surface area (Å²) in [5.41, 5.74) is 2.31. The Morgan fingerprint density at radius 2 is 2.00 bits per heavy atom. The van der Waals surface area contributed by atoms with Crippen LogP contribution < -0.4 is 15.5 Å². The maximum Gasteiger partial charge on any atom is 0.280 e. The van der Waals surface area contributed by atoms with Crippen LogP contribution in [-0.2, 0) is 0 Å². The number of nitrogens with zero attached hydrogens (tertiary/aromatic N) is 3. The molecule has 0 spiro atoms. The van der Waals surface area contributed by atoms with Crippen LogP contribution in [0.15, 0.2) is 41.5 Å². The van der Waals surface area contributed by atoms with E-state index < -0.39 is 5.91 Å². The minimum absolute atomic E-state index is 0.0481. The van der Waals surface area contributed by atoms with E-state index in [9.17, 15) is 9.59 Å². The van der Waals surface area contributed by atoms with Gasteiger partial charge in [-0.1, -0.05) is 17.7 Å². The highest BCUT2D eigenvalue weighted by molar-refractivity contribution is 6.35. The van der Waals surface area contributed by atoms with Gasteiger partial charge in [0, 0.05) is 29.9 Å². The first-order chi connectivity index (χ1) is 13.5. The lowest BCUT2D eigenvalue weighted by Crippen LogP contribution is -2.39. The molecular formula is C20H20ClN5O2. The molecule has 3 heterocycles. The largest absolute Gasteiger partial charge is 0.352 e. The fraction of sp³-hybridized carbons (Fsp3) is 0.300. The van der Waals surface area contributed by atoms with Gasteiger partial charge in [0.2, 0.25) is 5.96 Å². The number of aliphatic imine (C=N–C) groups is 1. The molecule has 2 aliphatic rings. The van der Waals surface area contributed by atoms with Crippen molar-refractivity contribution < 1.29 is 9.59 Å². The average Bonchev–Trinajstić information content (AvgIpc) is 3.06. The number of hydrogen-bond acceptors (Lipinski definition) is 5. The van der Waals surface area contributed by atoms with Crippen LogP contribution in [0.4, 0.5) is 11.4 Å². The molecule has 144 valence electrons. The third-order valence-corrected chi connectivity index (χ3v) is 5.23. The fourth-order valence-electron chi connectivity index (χ4n) is 3.51. The molecule has 0 fully saturated rings. The zero-order valence-electron chi connectivity index (χ0n) is 15.4. The van der Waals surface area contributed by atoms with Crippen LogP contribution in [-0.4, -0.2) is 35.3 Å². The maximum absolute atomic E-state index is 12.8. The van der Waals surface area contributed by atoms with E-state index in [1.807, 2.05) is 11.0 Å². The first kappa shape index (κ1) is 18.4. The summed E-state index contributed by atoms with van der Waals surface area (Å²) in [6, 6.07) is 8.45. The number of pyridine rings is 1. The molecule has 4 rings (SSSR count). The molecule has 1 aromatic heterocycles. The summed E-state index contributed by atoms with van der Waals surface area (Å²) in [6.45, 7) is 2.65. The van der Waals surface area contributed by atoms with Crippen molar-refractivity contribution >= 4 is 40.7 Å². The van der Waals surface area contributed by atoms with Crippen LogP contribution in [0.25, 0.3) is 0 Å². The minimum atomic E-state index is -0.428. The normalized spacial score (nSPS) is 21.6. The molecule has 0 aliphatic carbocycles. The number of benzene rings is 1. The van der Waals surface area contributed by atoms with Gasteiger partial charge in [-0.2, -0.15) is 4.99 Å². The Morgan fingerprint density at radius 3 is 2.86 bits per heavy atom. The smallest absolute Gasteiger partial charge is 0.280 e. The van der Waals surface area contributed by atoms with E-state index in [2.05, 4.69) is 27.5 Å². The Kier molecular flexibility index (Phi) is 5.00. The van der Waals surface area contributed by atoms with Crippen molar-refractivity contribution in [3.63, 3.8) is 0 Å². The van der Waals surface area contributed by atoms with E-state index in [0.717, 1.165) is 30.6 Å². The Morgan fingerprint density at radius 1 is 1.18 bits per heavy atom. The van der Waals surface area contributed by atoms with Crippen LogP contribution in [0.3, 0.4) is 0 Å². The van der Waals surface area contributed by atoms with Gasteiger partial charge >= 0.3 is 0 Å². The van der Waals surface area contributed by atoms with E-state index in [1.165, 1.54) is 0 Å². The van der Waals surface area contributed by atoms with Gasteiger partial charge in [-0.3, -0.25) is 9.59 Å². The number of amides is 2. The molecule has 1 aromatic carbocycles. The molecule has 0 saturated heterocycles. The molecule has 2 aliphatic heterocycles. The first-order valence-corrected chi connectivity index (χ1v) is 9.64. The van der Waals surface area contributed by atoms with Gasteiger partial charge in [-0.25, -0.2) is 4.98 Å². The van der Waals surface area contributed by atoms with E-state index in [0.29, 0.717) is 28.8 Å². The molecule has 8 heteroatoms. The number of halogens is 1. The highest BCUT2D eigenvalue weighted by atomic mass is 35.5. The lowest BCUT2D eigenvalue weighted by molar-refractivity contribution is 0.0953. The van der Waals surface area contributed by atoms with Crippen molar-refractivity contribution in [3.05, 3.63) is 52.8 Å². The second-order valence-electron chi connectivity index (χ2n) is 6.92. The second-order valence-corrected chi connectivity index (χ2v) is 7.27. The lowest BCUT2D eigenvalue weighted by Gasteiger charge is -2.27. The topological polar surface area (TPSA) is 86.7 Å². The van der Waals surface area contributed by atoms with Gasteiger partial charge < -0.3 is 15.5 Å². The zero-order chi connectivity index (χ0) is 19.7. The van der Waals surface area contributed by atoms with Crippen molar-refractivity contribution in [2.45, 2.75) is 32.2 Å². The summed E-state index contributed by atoms with van der Waals surface area (Å²) >= 11 is 6.35. The van der Waals surface area contributed by atoms with Crippen molar-refractivity contribution in [1.29, 1.82) is 0 Å². The van der Waals surface area contributed by atoms with Gasteiger partial charge in [-0.15, -0.1) is 0 Å². The minimum Gasteiger partial charge on any atom is -0.352 e. The molecule has 2 bridgehead atoms. The van der Waals surface area contributed by atoms with E-state index >= 15 is 0 Å². The highest BCUT2D eigenvalue weighted by Crippen LogP contribution is 2.39. The fourth-order valence-corrected chi connectivity index (χ4v) is 3.76. The standard InChI is InChI=1S/C20H20ClN5O2/c1-12-5-2-3-9-23-18(27)13-6-4-7-14(11-13)19(28)25-20-24-15-8-10-22-17(21)16(15)26(12)20/h4,6-8,10-12H,2-3,5,9H2,1H3,(H,23,27)(H,24,25,28)/t12-/m0/s1. The van der Waals surface area contributed by atoms with Crippen molar-refractivity contribution in [3.8, 4) is 0 Å². The zero-order valence-corrected chi connectivity index (χ0v) is 16.2. The van der Waals surface area contributed by atoms with Crippen LogP contribution >= 0.6 is 11.6 Å². The number of guanidine groups is 1. The Hall–Kier alpha value is -2.93. The van der Waals surface area contributed by atoms with E-state index in [4.69, 9.17) is 11.6 Å². The number of nitrogens with one attached hydrogen (secondary N) is 2. The number of aromatic nitrogens is 1. The summed E-state index contributed by atoms with van der Waals surface area (Å²) in [7, 11) is 0. The summed E-state index contributed by atoms with van der Waals surface area (Å²) in [6.07, 6.45) is 4.23. The second kappa shape index (κ2) is 7.59. The molecular weight excluding hydrogens is 378 g/mol. The molecule has 0 unspecified atom stereocenters. The predicted molar refractivity (Wildman–Crippen MR) is 109 cm³/mol. The average molecular weight is 398 g/mol. The number of carbonyl (C=O) groups is 2. The number of rotatable bonds is 0. The first-order valence-electron chi connectivity index (χ1n) is 9.26. The van der Waals surface area contributed by atoms with Crippen molar-refractivity contribution in [1.82, 2.24) is 10.3 Å². The van der Waals surface area contributed by atoms with E-state index in [-0.39, 0.29) is 11.9 Å². The molecule has 0 saturated carbocycles. The number of anilines is 2. The van der Waals surface area contributed by atoms with Gasteiger partial charge in [-0.05, 0) is 50.5 Å². The summed E-state index contributed by atoms with van der Waals surface area (Å²) in [5, 5.41) is 6.45. The molecule has 28 heavy (non-hydrogen) atoms. The monoisotopic (exact) mass is 397 g/mol. The molecule has 1 atom stereocenters. The Labute approximate surface area is 167 Å². The van der Waals surface area contributed by atoms with Crippen LogP contribution in [0.5, 0.6) is 0 Å². The molecule has 2 amide bonds. The quantitative estimate of drug-likeness (QED) is 0.665. The lowest BCUT2D eigenvalue weighted by atomic mass is 10.1. The highest BCUT2D eigenvalue weighted by Gasteiger charge is 2.32. The molecule has 7 nitrogen and oxygen atoms in total. The molecule has 2 N–H and O–H groups in total. The Bertz CT molecular complexity index is 975. The van der Waals surface area contributed by atoms with Crippen LogP contribution in [0.2, 0.25) is 5.15 Å². The molecule has 0 radical (unpaired) electrons. The summed E-state index contributed by atoms with van der Waals surface area (Å²) < 4.78 is 0. The SMILES string of the molecule is C[C@H]1CCCCNC(=O)c2cccc(c2)C(=O)/N=C2\Nc3ccnc(Cl)c3N21. The third kappa shape index (κ3) is 3.45. The summed E-state index contributed by atoms with van der Waals surface area (Å²) in [4.78, 5) is 35.5. The number of carbonyl (C=O) groups excluding carboxylic acids is 2. The Balaban J connectivity index is 1.78. The van der Waals surface area contributed by atoms with Crippen molar-refractivity contribution in [2.24, 2.45) is 4.99 Å². The van der Waals surface area contributed by atoms with Gasteiger partial charge in [0.15, 0.2) is 5.15 Å².